The second-order valence-corrected chi connectivity index (χ2v) is 4.78. The summed E-state index contributed by atoms with van der Waals surface area (Å²) in [6.45, 7) is 0.870. The molecule has 0 aliphatic heterocycles. The number of nitrogens with one attached hydrogen (secondary N) is 1. The smallest absolute Gasteiger partial charge is 0.345 e. The Kier molecular flexibility index (Phi) is 3.15. The third kappa shape index (κ3) is 2.65. The van der Waals surface area contributed by atoms with Crippen molar-refractivity contribution in [1.82, 2.24) is 4.98 Å². The van der Waals surface area contributed by atoms with E-state index in [-0.39, 0.29) is 5.00 Å². The quantitative estimate of drug-likeness (QED) is 0.620. The van der Waals surface area contributed by atoms with Gasteiger partial charge in [-0.05, 0) is 23.7 Å². The number of rotatable bonds is 5. The van der Waals surface area contributed by atoms with E-state index in [0.29, 0.717) is 5.13 Å². The summed E-state index contributed by atoms with van der Waals surface area (Å²) >= 11 is 1.10. The molecule has 1 aliphatic carbocycles. The molecule has 0 radical (unpaired) electrons. The molecule has 0 spiro atoms. The Bertz CT molecular complexity index is 349. The van der Waals surface area contributed by atoms with Crippen LogP contribution in [-0.4, -0.2) is 16.5 Å². The fourth-order valence-electron chi connectivity index (χ4n) is 1.60. The first-order valence-corrected chi connectivity index (χ1v) is 5.91. The molecule has 0 atom stereocenters. The second kappa shape index (κ2) is 4.57. The topological polar surface area (TPSA) is 68.1 Å². The molecule has 15 heavy (non-hydrogen) atoms. The fraction of sp³-hybridized carbons (Fsp3) is 0.667. The van der Waals surface area contributed by atoms with Crippen molar-refractivity contribution in [2.75, 3.05) is 11.9 Å². The van der Waals surface area contributed by atoms with Gasteiger partial charge in [-0.25, -0.2) is 4.98 Å². The maximum absolute atomic E-state index is 10.4. The average Bonchev–Trinajstić information content (AvgIpc) is 2.57. The Morgan fingerprint density at radius 2 is 2.47 bits per heavy atom. The minimum absolute atomic E-state index is 0.0983. The van der Waals surface area contributed by atoms with Gasteiger partial charge in [-0.3, -0.25) is 10.1 Å². The number of thiazole rings is 1. The summed E-state index contributed by atoms with van der Waals surface area (Å²) in [7, 11) is 0. The van der Waals surface area contributed by atoms with Gasteiger partial charge in [-0.2, -0.15) is 0 Å². The molecule has 1 aliphatic rings. The Hall–Kier alpha value is -1.17. The molecule has 0 bridgehead atoms. The van der Waals surface area contributed by atoms with Crippen LogP contribution < -0.4 is 5.32 Å². The van der Waals surface area contributed by atoms with Crippen LogP contribution in [0.3, 0.4) is 0 Å². The first kappa shape index (κ1) is 10.4. The van der Waals surface area contributed by atoms with Crippen LogP contribution in [0.1, 0.15) is 25.7 Å². The van der Waals surface area contributed by atoms with Gasteiger partial charge in [0.05, 0.1) is 4.92 Å². The maximum Gasteiger partial charge on any atom is 0.345 e. The molecule has 1 aromatic heterocycles. The minimum Gasteiger partial charge on any atom is -0.361 e. The summed E-state index contributed by atoms with van der Waals surface area (Å²) in [5.41, 5.74) is 0. The first-order valence-electron chi connectivity index (χ1n) is 5.10. The van der Waals surface area contributed by atoms with E-state index in [0.717, 1.165) is 30.2 Å². The summed E-state index contributed by atoms with van der Waals surface area (Å²) in [6, 6.07) is 0. The molecule has 0 amide bonds. The third-order valence-corrected chi connectivity index (χ3v) is 3.63. The lowest BCUT2D eigenvalue weighted by Gasteiger charge is -2.24. The van der Waals surface area contributed by atoms with Gasteiger partial charge < -0.3 is 5.32 Å². The number of nitrogens with zero attached hydrogens (tertiary/aromatic N) is 2. The highest BCUT2D eigenvalue weighted by Gasteiger charge is 2.17. The highest BCUT2D eigenvalue weighted by molar-refractivity contribution is 7.18. The van der Waals surface area contributed by atoms with E-state index >= 15 is 0 Å². The van der Waals surface area contributed by atoms with Gasteiger partial charge in [-0.15, -0.1) is 0 Å². The first-order chi connectivity index (χ1) is 7.25. The van der Waals surface area contributed by atoms with Crippen molar-refractivity contribution in [2.24, 2.45) is 5.92 Å². The fourth-order valence-corrected chi connectivity index (χ4v) is 2.25. The Labute approximate surface area is 91.7 Å². The lowest BCUT2D eigenvalue weighted by atomic mass is 9.83. The summed E-state index contributed by atoms with van der Waals surface area (Å²) < 4.78 is 0. The zero-order valence-corrected chi connectivity index (χ0v) is 9.13. The molecule has 0 saturated heterocycles. The van der Waals surface area contributed by atoms with Crippen LogP contribution in [0.25, 0.3) is 0 Å². The molecular weight excluding hydrogens is 214 g/mol. The molecule has 6 heteroatoms. The number of nitro groups is 1. The number of anilines is 1. The Morgan fingerprint density at radius 1 is 1.67 bits per heavy atom. The van der Waals surface area contributed by atoms with E-state index in [4.69, 9.17) is 0 Å². The molecule has 0 aromatic carbocycles. The SMILES string of the molecule is O=[N+]([O-])c1cnc(NCCC2CCC2)s1. The predicted molar refractivity (Wildman–Crippen MR) is 59.2 cm³/mol. The molecule has 1 N–H and O–H groups in total. The van der Waals surface area contributed by atoms with Gasteiger partial charge >= 0.3 is 5.00 Å². The zero-order valence-electron chi connectivity index (χ0n) is 8.31. The molecule has 1 saturated carbocycles. The Balaban J connectivity index is 1.75. The van der Waals surface area contributed by atoms with Gasteiger partial charge in [0.15, 0.2) is 5.13 Å². The normalized spacial score (nSPS) is 16.0. The monoisotopic (exact) mass is 227 g/mol. The molecule has 5 nitrogen and oxygen atoms in total. The van der Waals surface area contributed by atoms with Crippen molar-refractivity contribution in [3.05, 3.63) is 16.3 Å². The van der Waals surface area contributed by atoms with Crippen molar-refractivity contribution >= 4 is 21.5 Å². The van der Waals surface area contributed by atoms with E-state index in [9.17, 15) is 10.1 Å². The highest BCUT2D eigenvalue weighted by atomic mass is 32.1. The molecule has 0 unspecified atom stereocenters. The van der Waals surface area contributed by atoms with Crippen molar-refractivity contribution in [2.45, 2.75) is 25.7 Å². The van der Waals surface area contributed by atoms with Crippen LogP contribution in [0.4, 0.5) is 10.1 Å². The van der Waals surface area contributed by atoms with Crippen LogP contribution in [-0.2, 0) is 0 Å². The summed E-state index contributed by atoms with van der Waals surface area (Å²) in [6.07, 6.45) is 6.47. The van der Waals surface area contributed by atoms with Gasteiger partial charge in [0.1, 0.15) is 6.20 Å². The standard InChI is InChI=1S/C9H13N3O2S/c13-12(14)8-6-11-9(15-8)10-5-4-7-2-1-3-7/h6-7H,1-5H2,(H,10,11). The third-order valence-electron chi connectivity index (χ3n) is 2.73. The zero-order chi connectivity index (χ0) is 10.7. The second-order valence-electron chi connectivity index (χ2n) is 3.77. The van der Waals surface area contributed by atoms with Gasteiger partial charge in [0.2, 0.25) is 0 Å². The van der Waals surface area contributed by atoms with E-state index in [1.165, 1.54) is 25.5 Å². The van der Waals surface area contributed by atoms with E-state index in [2.05, 4.69) is 10.3 Å². The van der Waals surface area contributed by atoms with Crippen LogP contribution in [0, 0.1) is 16.0 Å². The van der Waals surface area contributed by atoms with Crippen molar-refractivity contribution in [1.29, 1.82) is 0 Å². The molecule has 2 rings (SSSR count). The van der Waals surface area contributed by atoms with Crippen LogP contribution in [0.5, 0.6) is 0 Å². The summed E-state index contributed by atoms with van der Waals surface area (Å²) in [4.78, 5) is 13.9. The molecule has 1 heterocycles. The largest absolute Gasteiger partial charge is 0.361 e. The molecular formula is C9H13N3O2S. The van der Waals surface area contributed by atoms with Gasteiger partial charge in [0.25, 0.3) is 0 Å². The lowest BCUT2D eigenvalue weighted by molar-refractivity contribution is -0.380. The average molecular weight is 227 g/mol. The van der Waals surface area contributed by atoms with E-state index in [1.54, 1.807) is 0 Å². The molecule has 82 valence electrons. The molecule has 1 fully saturated rings. The predicted octanol–water partition coefficient (Wildman–Crippen LogP) is 2.65. The van der Waals surface area contributed by atoms with Crippen molar-refractivity contribution in [3.63, 3.8) is 0 Å². The van der Waals surface area contributed by atoms with Crippen LogP contribution >= 0.6 is 11.3 Å². The van der Waals surface area contributed by atoms with E-state index in [1.807, 2.05) is 0 Å². The van der Waals surface area contributed by atoms with E-state index < -0.39 is 4.92 Å². The minimum atomic E-state index is -0.408. The van der Waals surface area contributed by atoms with Crippen LogP contribution in [0.15, 0.2) is 6.20 Å². The number of hydrogen-bond donors (Lipinski definition) is 1. The number of hydrogen-bond acceptors (Lipinski definition) is 5. The highest BCUT2D eigenvalue weighted by Crippen LogP contribution is 2.30. The van der Waals surface area contributed by atoms with Crippen molar-refractivity contribution in [3.8, 4) is 0 Å². The van der Waals surface area contributed by atoms with Crippen molar-refractivity contribution < 1.29 is 4.92 Å². The number of aromatic nitrogens is 1. The Morgan fingerprint density at radius 3 is 3.00 bits per heavy atom. The molecule has 1 aromatic rings. The van der Waals surface area contributed by atoms with Gasteiger partial charge in [0, 0.05) is 6.54 Å². The van der Waals surface area contributed by atoms with Crippen LogP contribution in [0.2, 0.25) is 0 Å². The van der Waals surface area contributed by atoms with Gasteiger partial charge in [-0.1, -0.05) is 19.3 Å². The summed E-state index contributed by atoms with van der Waals surface area (Å²) in [5, 5.41) is 14.3. The lowest BCUT2D eigenvalue weighted by Crippen LogP contribution is -2.15. The maximum atomic E-state index is 10.4. The summed E-state index contributed by atoms with van der Waals surface area (Å²) in [5.74, 6) is 0.854.